The van der Waals surface area contributed by atoms with Gasteiger partial charge in [0.2, 0.25) is 0 Å². The lowest BCUT2D eigenvalue weighted by molar-refractivity contribution is 0.0953. The largest absolute Gasteiger partial charge is 0.328 e. The van der Waals surface area contributed by atoms with Crippen molar-refractivity contribution in [1.82, 2.24) is 20.0 Å². The molecule has 0 unspecified atom stereocenters. The summed E-state index contributed by atoms with van der Waals surface area (Å²) in [5.41, 5.74) is 2.56. The molecule has 8 heteroatoms. The lowest BCUT2D eigenvalue weighted by atomic mass is 10.2. The number of H-pyrrole nitrogens is 1. The Hall–Kier alpha value is -2.74. The number of nitrogens with one attached hydrogen (secondary N) is 2. The van der Waals surface area contributed by atoms with E-state index in [-0.39, 0.29) is 12.1 Å². The van der Waals surface area contributed by atoms with Crippen molar-refractivity contribution in [3.63, 3.8) is 0 Å². The minimum Gasteiger partial charge on any atom is -0.294 e. The van der Waals surface area contributed by atoms with Crippen LogP contribution in [0.15, 0.2) is 34.1 Å². The zero-order valence-electron chi connectivity index (χ0n) is 11.4. The SMILES string of the molecule is CCc1cn(Cc2ccc(C(=O)NN)cn2)c(=O)[nH]c1=O. The van der Waals surface area contributed by atoms with Crippen LogP contribution in [0.5, 0.6) is 0 Å². The number of carbonyl (C=O) groups is 1. The van der Waals surface area contributed by atoms with E-state index in [2.05, 4.69) is 9.97 Å². The summed E-state index contributed by atoms with van der Waals surface area (Å²) in [5.74, 6) is 4.58. The number of hydrogen-bond donors (Lipinski definition) is 3. The number of nitrogens with zero attached hydrogens (tertiary/aromatic N) is 2. The molecular weight excluding hydrogens is 274 g/mol. The number of hydrogen-bond acceptors (Lipinski definition) is 5. The van der Waals surface area contributed by atoms with Gasteiger partial charge in [0.25, 0.3) is 11.5 Å². The molecule has 1 amide bonds. The summed E-state index contributed by atoms with van der Waals surface area (Å²) in [4.78, 5) is 40.9. The van der Waals surface area contributed by atoms with Crippen LogP contribution in [0.2, 0.25) is 0 Å². The van der Waals surface area contributed by atoms with Gasteiger partial charge in [-0.25, -0.2) is 10.6 Å². The molecule has 0 bridgehead atoms. The number of rotatable bonds is 4. The quantitative estimate of drug-likeness (QED) is 0.384. The second-order valence-corrected chi connectivity index (χ2v) is 4.41. The van der Waals surface area contributed by atoms with E-state index < -0.39 is 11.6 Å². The van der Waals surface area contributed by atoms with Gasteiger partial charge in [-0.2, -0.15) is 0 Å². The van der Waals surface area contributed by atoms with Crippen LogP contribution >= 0.6 is 0 Å². The van der Waals surface area contributed by atoms with Gasteiger partial charge in [-0.05, 0) is 18.6 Å². The summed E-state index contributed by atoms with van der Waals surface area (Å²) in [6.07, 6.45) is 3.41. The molecule has 0 atom stereocenters. The molecule has 0 aliphatic heterocycles. The van der Waals surface area contributed by atoms with E-state index in [4.69, 9.17) is 5.84 Å². The van der Waals surface area contributed by atoms with Crippen molar-refractivity contribution in [2.45, 2.75) is 19.9 Å². The predicted molar refractivity (Wildman–Crippen MR) is 75.7 cm³/mol. The van der Waals surface area contributed by atoms with E-state index in [0.717, 1.165) is 0 Å². The first-order valence-corrected chi connectivity index (χ1v) is 6.33. The maximum atomic E-state index is 11.7. The van der Waals surface area contributed by atoms with Crippen molar-refractivity contribution in [3.05, 3.63) is 62.2 Å². The van der Waals surface area contributed by atoms with Gasteiger partial charge in [-0.15, -0.1) is 0 Å². The van der Waals surface area contributed by atoms with E-state index in [9.17, 15) is 14.4 Å². The fourth-order valence-corrected chi connectivity index (χ4v) is 1.83. The number of aromatic nitrogens is 3. The lowest BCUT2D eigenvalue weighted by Gasteiger charge is -2.07. The van der Waals surface area contributed by atoms with Crippen LogP contribution in [0.1, 0.15) is 28.5 Å². The Morgan fingerprint density at radius 3 is 2.76 bits per heavy atom. The van der Waals surface area contributed by atoms with Gasteiger partial charge in [-0.1, -0.05) is 6.92 Å². The fraction of sp³-hybridized carbons (Fsp3) is 0.231. The average Bonchev–Trinajstić information content (AvgIpc) is 2.50. The Morgan fingerprint density at radius 2 is 2.19 bits per heavy atom. The molecule has 0 saturated heterocycles. The van der Waals surface area contributed by atoms with Gasteiger partial charge in [0.1, 0.15) is 0 Å². The van der Waals surface area contributed by atoms with Crippen molar-refractivity contribution in [2.24, 2.45) is 5.84 Å². The summed E-state index contributed by atoms with van der Waals surface area (Å²) in [6.45, 7) is 2.03. The highest BCUT2D eigenvalue weighted by atomic mass is 16.2. The minimum atomic E-state index is -0.497. The number of nitrogens with two attached hydrogens (primary N) is 1. The summed E-state index contributed by atoms with van der Waals surface area (Å²) in [5, 5.41) is 0. The molecule has 0 saturated carbocycles. The monoisotopic (exact) mass is 289 g/mol. The van der Waals surface area contributed by atoms with E-state index in [1.165, 1.54) is 17.0 Å². The minimum absolute atomic E-state index is 0.202. The topological polar surface area (TPSA) is 123 Å². The summed E-state index contributed by atoms with van der Waals surface area (Å²) >= 11 is 0. The molecule has 0 spiro atoms. The Balaban J connectivity index is 2.28. The number of aromatic amines is 1. The second-order valence-electron chi connectivity index (χ2n) is 4.41. The maximum absolute atomic E-state index is 11.7. The molecule has 0 fully saturated rings. The highest BCUT2D eigenvalue weighted by molar-refractivity contribution is 5.93. The standard InChI is InChI=1S/C13H15N5O3/c1-2-8-6-18(13(21)16-11(8)19)7-10-4-3-9(5-15-10)12(20)17-14/h3-6H,2,7,14H2,1H3,(H,17,20)(H,16,19,21). The highest BCUT2D eigenvalue weighted by Gasteiger charge is 2.07. The van der Waals surface area contributed by atoms with Crippen LogP contribution in [0.25, 0.3) is 0 Å². The van der Waals surface area contributed by atoms with Gasteiger partial charge in [0.15, 0.2) is 0 Å². The Morgan fingerprint density at radius 1 is 1.43 bits per heavy atom. The average molecular weight is 289 g/mol. The molecule has 2 aromatic rings. The highest BCUT2D eigenvalue weighted by Crippen LogP contribution is 2.02. The number of amides is 1. The molecule has 2 rings (SSSR count). The van der Waals surface area contributed by atoms with Crippen LogP contribution < -0.4 is 22.5 Å². The molecular formula is C13H15N5O3. The van der Waals surface area contributed by atoms with E-state index >= 15 is 0 Å². The van der Waals surface area contributed by atoms with Crippen molar-refractivity contribution in [1.29, 1.82) is 0 Å². The van der Waals surface area contributed by atoms with Crippen LogP contribution in [0.4, 0.5) is 0 Å². The van der Waals surface area contributed by atoms with Crippen molar-refractivity contribution in [2.75, 3.05) is 0 Å². The van der Waals surface area contributed by atoms with Crippen molar-refractivity contribution in [3.8, 4) is 0 Å². The van der Waals surface area contributed by atoms with E-state index in [1.807, 2.05) is 12.3 Å². The van der Waals surface area contributed by atoms with Gasteiger partial charge >= 0.3 is 5.69 Å². The van der Waals surface area contributed by atoms with Crippen molar-refractivity contribution < 1.29 is 4.79 Å². The summed E-state index contributed by atoms with van der Waals surface area (Å²) in [7, 11) is 0. The Labute approximate surface area is 119 Å². The Bertz CT molecular complexity index is 761. The lowest BCUT2D eigenvalue weighted by Crippen LogP contribution is -2.32. The maximum Gasteiger partial charge on any atom is 0.328 e. The number of carbonyl (C=O) groups excluding carboxylic acids is 1. The summed E-state index contributed by atoms with van der Waals surface area (Å²) in [6, 6.07) is 3.18. The number of pyridine rings is 1. The Kier molecular flexibility index (Phi) is 4.29. The van der Waals surface area contributed by atoms with Crippen molar-refractivity contribution >= 4 is 5.91 Å². The van der Waals surface area contributed by atoms with Gasteiger partial charge in [0, 0.05) is 18.0 Å². The first kappa shape index (κ1) is 14.7. The molecule has 110 valence electrons. The second kappa shape index (κ2) is 6.14. The molecule has 21 heavy (non-hydrogen) atoms. The third kappa shape index (κ3) is 3.23. The molecule has 4 N–H and O–H groups in total. The molecule has 2 heterocycles. The van der Waals surface area contributed by atoms with Crippen LogP contribution in [-0.2, 0) is 13.0 Å². The zero-order valence-corrected chi connectivity index (χ0v) is 11.4. The zero-order chi connectivity index (χ0) is 15.4. The molecule has 8 nitrogen and oxygen atoms in total. The van der Waals surface area contributed by atoms with Gasteiger partial charge in [-0.3, -0.25) is 29.5 Å². The molecule has 0 aromatic carbocycles. The smallest absolute Gasteiger partial charge is 0.294 e. The van der Waals surface area contributed by atoms with Crippen LogP contribution in [0.3, 0.4) is 0 Å². The fourth-order valence-electron chi connectivity index (χ4n) is 1.83. The van der Waals surface area contributed by atoms with E-state index in [0.29, 0.717) is 23.2 Å². The third-order valence-electron chi connectivity index (χ3n) is 3.02. The molecule has 2 aromatic heterocycles. The third-order valence-corrected chi connectivity index (χ3v) is 3.02. The number of nitrogen functional groups attached to an aromatic ring is 1. The first-order chi connectivity index (χ1) is 10.0. The number of aryl methyl sites for hydroxylation is 1. The van der Waals surface area contributed by atoms with Crippen LogP contribution in [0, 0.1) is 0 Å². The van der Waals surface area contributed by atoms with E-state index in [1.54, 1.807) is 12.1 Å². The summed E-state index contributed by atoms with van der Waals surface area (Å²) < 4.78 is 1.37. The molecule has 0 aliphatic carbocycles. The predicted octanol–water partition coefficient (Wildman–Crippen LogP) is -0.854. The molecule has 0 radical (unpaired) electrons. The van der Waals surface area contributed by atoms with Gasteiger partial charge in [0.05, 0.1) is 17.8 Å². The van der Waals surface area contributed by atoms with Crippen LogP contribution in [-0.4, -0.2) is 20.4 Å². The number of hydrazine groups is 1. The van der Waals surface area contributed by atoms with Gasteiger partial charge < -0.3 is 0 Å². The normalized spacial score (nSPS) is 10.4. The molecule has 0 aliphatic rings. The first-order valence-electron chi connectivity index (χ1n) is 6.33.